The van der Waals surface area contributed by atoms with E-state index in [1.54, 1.807) is 18.2 Å². The normalized spacial score (nSPS) is 24.3. The van der Waals surface area contributed by atoms with Gasteiger partial charge in [-0.3, -0.25) is 9.59 Å². The number of benzene rings is 3. The first-order chi connectivity index (χ1) is 17.3. The van der Waals surface area contributed by atoms with Crippen LogP contribution in [0.2, 0.25) is 10.0 Å². The number of halogens is 2. The number of anilines is 1. The van der Waals surface area contributed by atoms with Crippen molar-refractivity contribution < 1.29 is 9.59 Å². The number of nitrogens with zero attached hydrogens (tertiary/aromatic N) is 1. The Kier molecular flexibility index (Phi) is 5.30. The van der Waals surface area contributed by atoms with E-state index in [2.05, 4.69) is 77.9 Å². The molecule has 0 N–H and O–H groups in total. The lowest BCUT2D eigenvalue weighted by molar-refractivity contribution is -0.122. The molecule has 3 aromatic rings. The summed E-state index contributed by atoms with van der Waals surface area (Å²) in [5.41, 5.74) is 7.64. The van der Waals surface area contributed by atoms with Crippen molar-refractivity contribution >= 4 is 40.7 Å². The van der Waals surface area contributed by atoms with Gasteiger partial charge in [-0.1, -0.05) is 101 Å². The second-order valence-corrected chi connectivity index (χ2v) is 13.6. The maximum atomic E-state index is 14.1. The molecule has 5 heteroatoms. The van der Waals surface area contributed by atoms with Crippen molar-refractivity contribution in [2.45, 2.75) is 64.2 Å². The van der Waals surface area contributed by atoms with Gasteiger partial charge in [-0.2, -0.15) is 0 Å². The molecule has 1 fully saturated rings. The summed E-state index contributed by atoms with van der Waals surface area (Å²) >= 11 is 12.4. The first kappa shape index (κ1) is 24.7. The summed E-state index contributed by atoms with van der Waals surface area (Å²) in [6.45, 7) is 13.2. The minimum Gasteiger partial charge on any atom is -0.274 e. The molecule has 3 aromatic carbocycles. The van der Waals surface area contributed by atoms with Crippen LogP contribution in [-0.2, 0) is 20.4 Å². The smallest absolute Gasteiger partial charge is 0.238 e. The molecule has 1 aliphatic heterocycles. The van der Waals surface area contributed by atoms with Gasteiger partial charge in [-0.05, 0) is 62.4 Å². The largest absolute Gasteiger partial charge is 0.274 e. The fourth-order valence-electron chi connectivity index (χ4n) is 6.59. The second kappa shape index (κ2) is 7.94. The first-order valence-electron chi connectivity index (χ1n) is 12.9. The molecule has 7 rings (SSSR count). The van der Waals surface area contributed by atoms with E-state index in [4.69, 9.17) is 23.2 Å². The van der Waals surface area contributed by atoms with Crippen molar-refractivity contribution in [2.75, 3.05) is 4.90 Å². The highest BCUT2D eigenvalue weighted by Crippen LogP contribution is 2.62. The number of amides is 2. The van der Waals surface area contributed by atoms with Crippen LogP contribution in [0.5, 0.6) is 0 Å². The number of rotatable bonds is 1. The molecule has 0 radical (unpaired) electrons. The highest BCUT2D eigenvalue weighted by molar-refractivity contribution is 6.42. The van der Waals surface area contributed by atoms with Gasteiger partial charge in [0.2, 0.25) is 11.8 Å². The van der Waals surface area contributed by atoms with Crippen LogP contribution in [0.1, 0.15) is 86.8 Å². The zero-order valence-electron chi connectivity index (χ0n) is 22.0. The fraction of sp³-hybridized carbons (Fsp3) is 0.375. The molecule has 3 aliphatic carbocycles. The summed E-state index contributed by atoms with van der Waals surface area (Å²) in [5.74, 6) is -1.52. The Balaban J connectivity index is 1.57. The summed E-state index contributed by atoms with van der Waals surface area (Å²) in [7, 11) is 0. The van der Waals surface area contributed by atoms with Crippen LogP contribution in [-0.4, -0.2) is 11.8 Å². The quantitative estimate of drug-likeness (QED) is 0.298. The maximum absolute atomic E-state index is 14.1. The van der Waals surface area contributed by atoms with Gasteiger partial charge >= 0.3 is 0 Å². The van der Waals surface area contributed by atoms with Crippen molar-refractivity contribution in [3.05, 3.63) is 98.0 Å². The van der Waals surface area contributed by atoms with E-state index < -0.39 is 11.8 Å². The average Bonchev–Trinajstić information content (AvgIpc) is 3.09. The van der Waals surface area contributed by atoms with Crippen LogP contribution >= 0.6 is 23.2 Å². The Morgan fingerprint density at radius 3 is 1.46 bits per heavy atom. The zero-order chi connectivity index (χ0) is 26.6. The van der Waals surface area contributed by atoms with Gasteiger partial charge in [-0.15, -0.1) is 0 Å². The monoisotopic (exact) mass is 531 g/mol. The summed E-state index contributed by atoms with van der Waals surface area (Å²) in [6.07, 6.45) is 0. The van der Waals surface area contributed by atoms with Crippen molar-refractivity contribution in [1.82, 2.24) is 0 Å². The Morgan fingerprint density at radius 2 is 1.05 bits per heavy atom. The van der Waals surface area contributed by atoms with Gasteiger partial charge < -0.3 is 0 Å². The van der Waals surface area contributed by atoms with Crippen molar-refractivity contribution in [1.29, 1.82) is 0 Å². The van der Waals surface area contributed by atoms with Gasteiger partial charge in [-0.25, -0.2) is 4.90 Å². The van der Waals surface area contributed by atoms with Crippen LogP contribution in [0.3, 0.4) is 0 Å². The Morgan fingerprint density at radius 1 is 0.595 bits per heavy atom. The van der Waals surface area contributed by atoms with Crippen molar-refractivity contribution in [2.24, 2.45) is 11.8 Å². The summed E-state index contributed by atoms with van der Waals surface area (Å²) in [5, 5.41) is 0.722. The predicted molar refractivity (Wildman–Crippen MR) is 150 cm³/mol. The third-order valence-electron chi connectivity index (χ3n) is 8.52. The van der Waals surface area contributed by atoms with E-state index in [1.165, 1.54) is 38.3 Å². The molecule has 0 aromatic heterocycles. The standard InChI is InChI=1S/C32H31Cl2NO2/c1-31(2,3)16-7-10-19-21(13-16)25-20-11-8-17(32(4,5)6)14-22(20)26(19)28-27(25)29(36)35(30(28)37)18-9-12-23(33)24(34)15-18/h7-15,25-28H,1-6H3/t25-,26-,27+,28+/m0/s1. The molecule has 2 amide bonds. The van der Waals surface area contributed by atoms with Gasteiger partial charge in [0.1, 0.15) is 0 Å². The lowest BCUT2D eigenvalue weighted by Crippen LogP contribution is -2.42. The van der Waals surface area contributed by atoms with Crippen LogP contribution in [0.4, 0.5) is 5.69 Å². The van der Waals surface area contributed by atoms with E-state index in [-0.39, 0.29) is 34.5 Å². The number of carbonyl (C=O) groups excluding carboxylic acids is 2. The highest BCUT2D eigenvalue weighted by atomic mass is 35.5. The third-order valence-corrected chi connectivity index (χ3v) is 9.26. The predicted octanol–water partition coefficient (Wildman–Crippen LogP) is 7.99. The SMILES string of the molecule is CC(C)(C)c1ccc2c(c1)[C@@H]1c3ccc(C(C)(C)C)cc3[C@H]2[C@H]2C(=O)N(c3ccc(Cl)c(Cl)c3)C(=O)[C@H]12. The van der Waals surface area contributed by atoms with E-state index >= 15 is 0 Å². The third kappa shape index (κ3) is 3.54. The van der Waals surface area contributed by atoms with E-state index in [0.29, 0.717) is 15.7 Å². The molecule has 1 saturated heterocycles. The van der Waals surface area contributed by atoms with E-state index in [9.17, 15) is 9.59 Å². The van der Waals surface area contributed by atoms with Gasteiger partial charge in [0.25, 0.3) is 0 Å². The van der Waals surface area contributed by atoms with Crippen LogP contribution in [0, 0.1) is 11.8 Å². The zero-order valence-corrected chi connectivity index (χ0v) is 23.5. The van der Waals surface area contributed by atoms with E-state index in [1.807, 2.05) is 0 Å². The minimum absolute atomic E-state index is 0.0222. The first-order valence-corrected chi connectivity index (χ1v) is 13.7. The van der Waals surface area contributed by atoms with Crippen LogP contribution < -0.4 is 4.90 Å². The molecule has 2 bridgehead atoms. The number of imide groups is 1. The Hall–Kier alpha value is -2.62. The van der Waals surface area contributed by atoms with Gasteiger partial charge in [0.05, 0.1) is 27.6 Å². The molecule has 190 valence electrons. The molecule has 0 saturated carbocycles. The van der Waals surface area contributed by atoms with Gasteiger partial charge in [0.15, 0.2) is 0 Å². The lowest BCUT2D eigenvalue weighted by Gasteiger charge is -2.47. The highest BCUT2D eigenvalue weighted by Gasteiger charge is 2.62. The van der Waals surface area contributed by atoms with Crippen molar-refractivity contribution in [3.8, 4) is 0 Å². The number of hydrogen-bond acceptors (Lipinski definition) is 2. The molecule has 0 unspecified atom stereocenters. The topological polar surface area (TPSA) is 37.4 Å². The average molecular weight is 533 g/mol. The maximum Gasteiger partial charge on any atom is 0.238 e. The number of hydrogen-bond donors (Lipinski definition) is 0. The molecule has 1 heterocycles. The molecular weight excluding hydrogens is 501 g/mol. The van der Waals surface area contributed by atoms with Crippen LogP contribution in [0.15, 0.2) is 54.6 Å². The minimum atomic E-state index is -0.442. The summed E-state index contributed by atoms with van der Waals surface area (Å²) < 4.78 is 0. The fourth-order valence-corrected chi connectivity index (χ4v) is 6.88. The second-order valence-electron chi connectivity index (χ2n) is 12.8. The molecule has 3 nitrogen and oxygen atoms in total. The molecule has 4 atom stereocenters. The molecule has 37 heavy (non-hydrogen) atoms. The van der Waals surface area contributed by atoms with Crippen molar-refractivity contribution in [3.63, 3.8) is 0 Å². The Labute approximate surface area is 228 Å². The molecular formula is C32H31Cl2NO2. The molecule has 4 aliphatic rings. The summed E-state index contributed by atoms with van der Waals surface area (Å²) in [6, 6.07) is 18.3. The lowest BCUT2D eigenvalue weighted by atomic mass is 9.54. The summed E-state index contributed by atoms with van der Waals surface area (Å²) in [4.78, 5) is 29.5. The van der Waals surface area contributed by atoms with Crippen LogP contribution in [0.25, 0.3) is 0 Å². The van der Waals surface area contributed by atoms with Gasteiger partial charge in [0, 0.05) is 11.8 Å². The number of carbonyl (C=O) groups is 2. The molecule has 0 spiro atoms. The Bertz CT molecular complexity index is 1410. The van der Waals surface area contributed by atoms with E-state index in [0.717, 1.165) is 0 Å².